The number of anilines is 8. The van der Waals surface area contributed by atoms with Gasteiger partial charge >= 0.3 is 0 Å². The van der Waals surface area contributed by atoms with Crippen molar-refractivity contribution in [3.63, 3.8) is 0 Å². The first-order valence-electron chi connectivity index (χ1n) is 29.5. The van der Waals surface area contributed by atoms with E-state index in [0.29, 0.717) is 10.9 Å². The molecule has 12 aromatic rings. The number of halogens is 2. The Kier molecular flexibility index (Phi) is 16.5. The number of aromatic nitrogens is 8. The van der Waals surface area contributed by atoms with E-state index in [9.17, 15) is 67.7 Å². The fraction of sp³-hybridized carbons (Fsp3) is 0.0448. The van der Waals surface area contributed by atoms with Crippen LogP contribution in [0.2, 0.25) is 10.6 Å². The van der Waals surface area contributed by atoms with Crippen LogP contribution in [-0.2, 0) is 36.8 Å². The van der Waals surface area contributed by atoms with Crippen molar-refractivity contribution in [1.82, 2.24) is 39.9 Å². The summed E-state index contributed by atoms with van der Waals surface area (Å²) in [5.41, 5.74) is -0.584. The summed E-state index contributed by atoms with van der Waals surface area (Å²) in [5, 5.41) is 14.7. The van der Waals surface area contributed by atoms with E-state index in [1.165, 1.54) is 60.7 Å². The monoisotopic (exact) mass is 1440 g/mol. The van der Waals surface area contributed by atoms with Gasteiger partial charge in [0.1, 0.15) is 10.7 Å². The highest BCUT2D eigenvalue weighted by molar-refractivity contribution is 7.86. The second kappa shape index (κ2) is 25.2. The minimum absolute atomic E-state index is 0.00572. The molecule has 0 fully saturated rings. The first-order valence-corrected chi connectivity index (χ1v) is 34.6. The number of hydrogen-bond donors (Lipinski definition) is 10. The normalized spacial score (nSPS) is 12.4. The predicted molar refractivity (Wildman–Crippen MR) is 368 cm³/mol. The smallest absolute Gasteiger partial charge is 0.296 e. The van der Waals surface area contributed by atoms with Gasteiger partial charge in [0, 0.05) is 86.1 Å². The average molecular weight is 1440 g/mol. The molecular weight excluding hydrogens is 1390 g/mol. The van der Waals surface area contributed by atoms with E-state index in [4.69, 9.17) is 23.2 Å². The number of fused-ring (bicyclic) bond motifs is 4. The Labute approximate surface area is 573 Å². The maximum atomic E-state index is 14.6. The lowest BCUT2D eigenvalue weighted by Crippen LogP contribution is -2.24. The van der Waals surface area contributed by atoms with Crippen LogP contribution in [0.5, 0.6) is 0 Å². The van der Waals surface area contributed by atoms with Gasteiger partial charge in [-0.15, -0.1) is 0 Å². The number of nitrogens with one attached hydrogen (secondary N) is 7. The molecule has 10 N–H and O–H groups in total. The molecule has 0 saturated heterocycles. The largest absolute Gasteiger partial charge is 0.355 e. The molecule has 2 aliphatic carbocycles. The van der Waals surface area contributed by atoms with Gasteiger partial charge in [0.05, 0.1) is 49.1 Å². The first kappa shape index (κ1) is 65.5. The summed E-state index contributed by atoms with van der Waals surface area (Å²) >= 11 is 12.8. The van der Waals surface area contributed by atoms with Crippen molar-refractivity contribution in [1.29, 1.82) is 0 Å². The van der Waals surface area contributed by atoms with Crippen LogP contribution in [0.15, 0.2) is 188 Å². The standard InChI is InChI=1S/C67H43Cl2N13O15S3/c68-63-77-48(29-33-27-34(17-23-46(33)99(92,93)94)72-43-21-19-41-51-49(37-13-4-6-15-39(37)59(85)53(43)51)55(61(87)75-41)57(83)31-9-2-1-3-10-31)78-65(79-63)70-25-26-71-66-80-64(69)81-67(82-66)73-35-18-24-47(100(95,96)97)45(30-35)74-44-22-20-42-52-50(38-14-5-7-16-40(38)60(86)54(44)52)56(62(88)76-42)58(84)32-11-8-12-36(28-32)98(89,90)91/h1-24,27-28,30,72,74H,25-26,29H2,(H,75,87)(H,76,88)(H,89,90,91)(H,92,93,94)(H,95,96,97)(H,70,77,78,79)(H2,71,73,80,81,82). The molecule has 2 aliphatic rings. The molecule has 0 atom stereocenters. The summed E-state index contributed by atoms with van der Waals surface area (Å²) in [5.74, 6) is -2.94. The molecule has 0 saturated carbocycles. The van der Waals surface area contributed by atoms with E-state index >= 15 is 0 Å². The fourth-order valence-corrected chi connectivity index (χ4v) is 14.3. The molecule has 0 spiro atoms. The lowest BCUT2D eigenvalue weighted by molar-refractivity contribution is 0.102. The Balaban J connectivity index is 0.698. The van der Waals surface area contributed by atoms with Crippen LogP contribution in [0.3, 0.4) is 0 Å². The van der Waals surface area contributed by atoms with Crippen LogP contribution in [0, 0.1) is 0 Å². The van der Waals surface area contributed by atoms with Crippen molar-refractivity contribution in [2.24, 2.45) is 0 Å². The van der Waals surface area contributed by atoms with E-state index in [2.05, 4.69) is 66.5 Å². The molecule has 0 unspecified atom stereocenters. The van der Waals surface area contributed by atoms with Gasteiger partial charge in [0.2, 0.25) is 28.4 Å². The van der Waals surface area contributed by atoms with Crippen molar-refractivity contribution in [3.05, 3.63) is 251 Å². The number of rotatable bonds is 20. The first-order chi connectivity index (χ1) is 47.7. The van der Waals surface area contributed by atoms with Gasteiger partial charge in [-0.05, 0) is 113 Å². The summed E-state index contributed by atoms with van der Waals surface area (Å²) in [6.07, 6.45) is -0.348. The van der Waals surface area contributed by atoms with Crippen LogP contribution < -0.4 is 37.7 Å². The molecule has 28 nitrogen and oxygen atoms in total. The molecule has 100 heavy (non-hydrogen) atoms. The molecule has 14 rings (SSSR count). The number of pyridine rings is 2. The van der Waals surface area contributed by atoms with Gasteiger partial charge in [0.25, 0.3) is 41.5 Å². The minimum atomic E-state index is -5.02. The van der Waals surface area contributed by atoms with Gasteiger partial charge in [-0.1, -0.05) is 91.0 Å². The van der Waals surface area contributed by atoms with Crippen LogP contribution in [0.4, 0.5) is 46.3 Å². The summed E-state index contributed by atoms with van der Waals surface area (Å²) in [6, 6.07) is 38.7. The molecule has 0 radical (unpaired) electrons. The quantitative estimate of drug-likeness (QED) is 0.0193. The Hall–Kier alpha value is -11.8. The van der Waals surface area contributed by atoms with Crippen molar-refractivity contribution in [2.45, 2.75) is 21.1 Å². The highest BCUT2D eigenvalue weighted by Crippen LogP contribution is 2.46. The third-order valence-corrected chi connectivity index (χ3v) is 19.3. The van der Waals surface area contributed by atoms with Gasteiger partial charge in [0.15, 0.2) is 23.1 Å². The van der Waals surface area contributed by atoms with E-state index < -0.39 is 84.9 Å². The zero-order valence-corrected chi connectivity index (χ0v) is 54.6. The summed E-state index contributed by atoms with van der Waals surface area (Å²) in [7, 11) is -14.7. The third kappa shape index (κ3) is 12.3. The molecular formula is C67H43Cl2N13O15S3. The Morgan fingerprint density at radius 1 is 0.430 bits per heavy atom. The second-order valence-corrected chi connectivity index (χ2v) is 27.4. The van der Waals surface area contributed by atoms with Crippen molar-refractivity contribution < 1.29 is 58.1 Å². The average Bonchev–Trinajstić information content (AvgIpc) is 0.719. The maximum Gasteiger partial charge on any atom is 0.296 e. The minimum Gasteiger partial charge on any atom is -0.355 e. The van der Waals surface area contributed by atoms with Gasteiger partial charge in [-0.3, -0.25) is 42.4 Å². The highest BCUT2D eigenvalue weighted by atomic mass is 35.5. The maximum absolute atomic E-state index is 14.6. The molecule has 0 aliphatic heterocycles. The molecule has 498 valence electrons. The van der Waals surface area contributed by atoms with Gasteiger partial charge < -0.3 is 36.6 Å². The van der Waals surface area contributed by atoms with E-state index in [-0.39, 0.29) is 160 Å². The van der Waals surface area contributed by atoms with Gasteiger partial charge in [-0.2, -0.15) is 50.2 Å². The molecule has 8 aromatic carbocycles. The number of carbonyl (C=O) groups is 4. The molecule has 4 aromatic heterocycles. The van der Waals surface area contributed by atoms with Crippen LogP contribution in [-0.4, -0.2) is 115 Å². The number of H-pyrrole nitrogens is 2. The van der Waals surface area contributed by atoms with Crippen molar-refractivity contribution >= 4 is 145 Å². The Morgan fingerprint density at radius 3 is 1.49 bits per heavy atom. The fourth-order valence-electron chi connectivity index (χ4n) is 12.1. The number of ketones is 4. The summed E-state index contributed by atoms with van der Waals surface area (Å²) in [6.45, 7) is 0.0699. The zero-order valence-electron chi connectivity index (χ0n) is 50.6. The lowest BCUT2D eigenvalue weighted by atomic mass is 9.80. The van der Waals surface area contributed by atoms with E-state index in [1.54, 1.807) is 78.9 Å². The molecule has 4 heterocycles. The lowest BCUT2D eigenvalue weighted by Gasteiger charge is -2.24. The second-order valence-electron chi connectivity index (χ2n) is 22.5. The van der Waals surface area contributed by atoms with Crippen molar-refractivity contribution in [2.75, 3.05) is 39.7 Å². The number of hydrogen-bond acceptors (Lipinski definition) is 23. The number of benzene rings is 8. The van der Waals surface area contributed by atoms with E-state index in [1.807, 2.05) is 0 Å². The molecule has 0 amide bonds. The predicted octanol–water partition coefficient (Wildman–Crippen LogP) is 10.0. The molecule has 33 heteroatoms. The number of nitrogens with zero attached hydrogens (tertiary/aromatic N) is 6. The van der Waals surface area contributed by atoms with E-state index in [0.717, 1.165) is 24.3 Å². The summed E-state index contributed by atoms with van der Waals surface area (Å²) < 4.78 is 107. The molecule has 0 bridgehead atoms. The van der Waals surface area contributed by atoms with Crippen molar-refractivity contribution in [3.8, 4) is 22.3 Å². The number of aromatic amines is 2. The third-order valence-electron chi connectivity index (χ3n) is 16.3. The topological polar surface area (TPSA) is 435 Å². The number of carbonyl (C=O) groups excluding carboxylic acids is 4. The van der Waals surface area contributed by atoms with Crippen LogP contribution in [0.25, 0.3) is 44.1 Å². The van der Waals surface area contributed by atoms with Crippen LogP contribution >= 0.6 is 23.2 Å². The van der Waals surface area contributed by atoms with Crippen LogP contribution in [0.1, 0.15) is 75.1 Å². The Bertz CT molecular complexity index is 6110. The SMILES string of the molecule is O=C(c1ccccc1)c1c2c3c(c(Nc4ccc(S(=O)(=O)O)c(Cc5nc(Cl)nc(NCCNc6nc(Cl)nc(Nc7ccc(S(=O)(=O)O)c(Nc8ccc9[nH]c(=O)c(C(=O)c%10cccc(S(=O)(=O)O)c%10)c%10c9c8C(=O)c8ccccc8-%10)c7)n6)n5)c4)ccc3[nH]c1=O)C(=O)c1ccccc1-2. The Morgan fingerprint density at radius 2 is 0.920 bits per heavy atom. The van der Waals surface area contributed by atoms with Gasteiger partial charge in [-0.25, -0.2) is 4.98 Å². The summed E-state index contributed by atoms with van der Waals surface area (Å²) in [4.78, 5) is 114. The zero-order chi connectivity index (χ0) is 70.3. The highest BCUT2D eigenvalue weighted by Gasteiger charge is 2.36.